The van der Waals surface area contributed by atoms with Gasteiger partial charge in [-0.15, -0.1) is 0 Å². The largest absolute Gasteiger partial charge is 0.464 e. The molecule has 1 N–H and O–H groups in total. The Morgan fingerprint density at radius 2 is 2.11 bits per heavy atom. The third-order valence-electron chi connectivity index (χ3n) is 7.14. The highest BCUT2D eigenvalue weighted by atomic mass is 32.1. The predicted octanol–water partition coefficient (Wildman–Crippen LogP) is 4.87. The van der Waals surface area contributed by atoms with Gasteiger partial charge in [-0.3, -0.25) is 9.69 Å². The van der Waals surface area contributed by atoms with Crippen LogP contribution in [0.4, 0.5) is 8.78 Å². The van der Waals surface area contributed by atoms with Crippen molar-refractivity contribution in [3.05, 3.63) is 46.2 Å². The van der Waals surface area contributed by atoms with Crippen LogP contribution in [0.3, 0.4) is 0 Å². The predicted molar refractivity (Wildman–Crippen MR) is 135 cm³/mol. The van der Waals surface area contributed by atoms with E-state index in [1.54, 1.807) is 4.52 Å². The summed E-state index contributed by atoms with van der Waals surface area (Å²) in [5.41, 5.74) is 3.37. The van der Waals surface area contributed by atoms with Crippen molar-refractivity contribution in [2.75, 3.05) is 19.7 Å². The van der Waals surface area contributed by atoms with Crippen molar-refractivity contribution in [3.63, 3.8) is 0 Å². The van der Waals surface area contributed by atoms with Gasteiger partial charge < -0.3 is 10.1 Å². The molecule has 194 valence electrons. The molecule has 0 spiro atoms. The number of carbonyl (C=O) groups is 1. The lowest BCUT2D eigenvalue weighted by Crippen LogP contribution is -2.38. The Balaban J connectivity index is 1.06. The average Bonchev–Trinajstić information content (AvgIpc) is 3.43. The monoisotopic (exact) mass is 517 g/mol. The number of rotatable bonds is 8. The molecule has 2 aliphatic rings. The van der Waals surface area contributed by atoms with Crippen molar-refractivity contribution in [1.29, 1.82) is 0 Å². The van der Waals surface area contributed by atoms with E-state index in [-0.39, 0.29) is 11.9 Å². The summed E-state index contributed by atoms with van der Waals surface area (Å²) in [6.45, 7) is 4.87. The van der Waals surface area contributed by atoms with Crippen LogP contribution in [0.1, 0.15) is 65.7 Å². The van der Waals surface area contributed by atoms with E-state index in [1.807, 2.05) is 31.3 Å². The number of ether oxygens (including phenoxy) is 1. The van der Waals surface area contributed by atoms with E-state index in [1.165, 1.54) is 11.3 Å². The highest BCUT2D eigenvalue weighted by molar-refractivity contribution is 7.13. The lowest BCUT2D eigenvalue weighted by atomic mass is 9.84. The van der Waals surface area contributed by atoms with Gasteiger partial charge in [-0.25, -0.2) is 18.3 Å². The van der Waals surface area contributed by atoms with Crippen LogP contribution in [0.15, 0.2) is 24.4 Å². The first-order chi connectivity index (χ1) is 17.2. The zero-order valence-electron chi connectivity index (χ0n) is 20.8. The first-order valence-corrected chi connectivity index (χ1v) is 13.5. The number of hydrogen-bond donors (Lipinski definition) is 1. The second kappa shape index (κ2) is 10.4. The van der Waals surface area contributed by atoms with E-state index in [2.05, 4.69) is 20.3 Å². The van der Waals surface area contributed by atoms with Gasteiger partial charge in [0, 0.05) is 37.1 Å². The number of halogens is 2. The van der Waals surface area contributed by atoms with E-state index >= 15 is 0 Å². The summed E-state index contributed by atoms with van der Waals surface area (Å²) in [7, 11) is 0. The summed E-state index contributed by atoms with van der Waals surface area (Å²) < 4.78 is 33.1. The highest BCUT2D eigenvalue weighted by Gasteiger charge is 2.27. The second-order valence-corrected chi connectivity index (χ2v) is 11.3. The van der Waals surface area contributed by atoms with Crippen LogP contribution in [0.25, 0.3) is 5.52 Å². The quantitative estimate of drug-likeness (QED) is 0.462. The average molecular weight is 518 g/mol. The van der Waals surface area contributed by atoms with Crippen LogP contribution in [0, 0.1) is 12.8 Å². The maximum atomic E-state index is 13.1. The van der Waals surface area contributed by atoms with Crippen molar-refractivity contribution in [2.45, 2.75) is 70.9 Å². The van der Waals surface area contributed by atoms with Crippen molar-refractivity contribution >= 4 is 22.8 Å². The molecule has 0 aromatic carbocycles. The minimum absolute atomic E-state index is 0.0256. The van der Waals surface area contributed by atoms with Crippen LogP contribution in [0.5, 0.6) is 5.19 Å². The van der Waals surface area contributed by atoms with Gasteiger partial charge in [0.2, 0.25) is 0 Å². The van der Waals surface area contributed by atoms with Crippen molar-refractivity contribution in [2.24, 2.45) is 5.92 Å². The van der Waals surface area contributed by atoms with Gasteiger partial charge in [0.1, 0.15) is 0 Å². The highest BCUT2D eigenvalue weighted by Crippen LogP contribution is 2.32. The van der Waals surface area contributed by atoms with Crippen LogP contribution >= 0.6 is 11.3 Å². The molecule has 3 aromatic heterocycles. The fourth-order valence-electron chi connectivity index (χ4n) is 5.22. The molecular weight excluding hydrogens is 484 g/mol. The van der Waals surface area contributed by atoms with Crippen LogP contribution in [-0.2, 0) is 13.0 Å². The summed E-state index contributed by atoms with van der Waals surface area (Å²) in [4.78, 5) is 20.9. The van der Waals surface area contributed by atoms with E-state index in [9.17, 15) is 13.6 Å². The van der Waals surface area contributed by atoms with Crippen LogP contribution in [0.2, 0.25) is 0 Å². The van der Waals surface area contributed by atoms with Gasteiger partial charge in [-0.05, 0) is 76.1 Å². The maximum Gasteiger partial charge on any atom is 0.278 e. The Morgan fingerprint density at radius 3 is 2.89 bits per heavy atom. The van der Waals surface area contributed by atoms with Gasteiger partial charge in [0.15, 0.2) is 6.61 Å². The fraction of sp³-hybridized carbons (Fsp3) is 0.577. The first-order valence-electron chi connectivity index (χ1n) is 12.7. The van der Waals surface area contributed by atoms with Crippen LogP contribution < -0.4 is 10.1 Å². The summed E-state index contributed by atoms with van der Waals surface area (Å²) in [5, 5.41) is 7.99. The van der Waals surface area contributed by atoms with Gasteiger partial charge in [0.05, 0.1) is 22.5 Å². The SMILES string of the molecule is Cc1cc2c(C(=O)NC3CCC(CCN4CCc5sc(OCC(C)(F)F)nc5C4)CC3)cccn2n1. The number of alkyl halides is 2. The van der Waals surface area contributed by atoms with Gasteiger partial charge >= 0.3 is 0 Å². The minimum Gasteiger partial charge on any atom is -0.464 e. The molecular formula is C26H33F2N5O2S. The van der Waals surface area contributed by atoms with Crippen molar-refractivity contribution in [3.8, 4) is 5.19 Å². The number of carbonyl (C=O) groups excluding carboxylic acids is 1. The third kappa shape index (κ3) is 6.03. The molecule has 0 saturated heterocycles. The molecule has 0 radical (unpaired) electrons. The zero-order valence-corrected chi connectivity index (χ0v) is 21.6. The fourth-order valence-corrected chi connectivity index (χ4v) is 6.13. The molecule has 1 fully saturated rings. The van der Waals surface area contributed by atoms with E-state index in [4.69, 9.17) is 4.74 Å². The van der Waals surface area contributed by atoms with E-state index in [0.29, 0.717) is 16.7 Å². The Kier molecular flexibility index (Phi) is 7.25. The maximum absolute atomic E-state index is 13.1. The minimum atomic E-state index is -2.85. The van der Waals surface area contributed by atoms with Gasteiger partial charge in [-0.1, -0.05) is 11.3 Å². The summed E-state index contributed by atoms with van der Waals surface area (Å²) >= 11 is 1.40. The molecule has 4 heterocycles. The summed E-state index contributed by atoms with van der Waals surface area (Å²) in [6, 6.07) is 5.87. The molecule has 5 rings (SSSR count). The van der Waals surface area contributed by atoms with Crippen molar-refractivity contribution in [1.82, 2.24) is 24.8 Å². The number of fused-ring (bicyclic) bond motifs is 2. The molecule has 10 heteroatoms. The second-order valence-electron chi connectivity index (χ2n) is 10.3. The molecule has 0 bridgehead atoms. The Labute approximate surface area is 213 Å². The van der Waals surface area contributed by atoms with Crippen LogP contribution in [-0.4, -0.2) is 57.1 Å². The summed E-state index contributed by atoms with van der Waals surface area (Å²) in [5.74, 6) is -2.23. The topological polar surface area (TPSA) is 71.8 Å². The number of hydrogen-bond acceptors (Lipinski definition) is 6. The third-order valence-corrected chi connectivity index (χ3v) is 8.21. The standard InChI is InChI=1S/C26H33F2N5O2S/c1-17-14-22-20(4-3-11-33(22)31-17)24(34)29-19-7-5-18(6-8-19)9-12-32-13-10-23-21(15-32)30-25(36-23)35-16-26(2,27)28/h3-4,11,14,18-19H,5-10,12-13,15-16H2,1-2H3,(H,29,34). The number of aromatic nitrogens is 3. The van der Waals surface area contributed by atoms with E-state index in [0.717, 1.165) is 86.9 Å². The molecule has 0 unspecified atom stereocenters. The lowest BCUT2D eigenvalue weighted by molar-refractivity contribution is -0.0230. The van der Waals surface area contributed by atoms with Gasteiger partial charge in [-0.2, -0.15) is 5.10 Å². The Morgan fingerprint density at radius 1 is 1.31 bits per heavy atom. The Bertz CT molecular complexity index is 1210. The molecule has 7 nitrogen and oxygen atoms in total. The molecule has 0 atom stereocenters. The molecule has 36 heavy (non-hydrogen) atoms. The number of aryl methyl sites for hydroxylation is 1. The smallest absolute Gasteiger partial charge is 0.278 e. The molecule has 3 aromatic rings. The van der Waals surface area contributed by atoms with Crippen molar-refractivity contribution < 1.29 is 18.3 Å². The molecule has 1 aliphatic carbocycles. The normalized spacial score (nSPS) is 20.9. The number of thiazole rings is 1. The lowest BCUT2D eigenvalue weighted by Gasteiger charge is -2.32. The zero-order chi connectivity index (χ0) is 25.3. The number of amides is 1. The number of pyridine rings is 1. The first kappa shape index (κ1) is 25.1. The Hall–Kier alpha value is -2.59. The molecule has 1 aliphatic heterocycles. The summed E-state index contributed by atoms with van der Waals surface area (Å²) in [6.07, 6.45) is 8.09. The van der Waals surface area contributed by atoms with Gasteiger partial charge in [0.25, 0.3) is 17.0 Å². The van der Waals surface area contributed by atoms with E-state index < -0.39 is 12.5 Å². The molecule has 1 amide bonds. The molecule has 1 saturated carbocycles. The number of nitrogens with one attached hydrogen (secondary N) is 1. The number of nitrogens with zero attached hydrogens (tertiary/aromatic N) is 4.